The van der Waals surface area contributed by atoms with Gasteiger partial charge in [0.1, 0.15) is 17.4 Å². The van der Waals surface area contributed by atoms with Crippen molar-refractivity contribution in [1.82, 2.24) is 14.8 Å². The summed E-state index contributed by atoms with van der Waals surface area (Å²) in [6.07, 6.45) is -3.84. The molecule has 0 bridgehead atoms. The lowest BCUT2D eigenvalue weighted by Gasteiger charge is -2.11. The van der Waals surface area contributed by atoms with Crippen LogP contribution < -0.4 is 10.1 Å². The number of rotatable bonds is 10. The minimum absolute atomic E-state index is 0.00559. The van der Waals surface area contributed by atoms with Crippen molar-refractivity contribution in [2.45, 2.75) is 51.7 Å². The summed E-state index contributed by atoms with van der Waals surface area (Å²) >= 11 is 2.46. The molecule has 3 aromatic rings. The zero-order chi connectivity index (χ0) is 26.5. The number of ether oxygens (including phenoxy) is 2. The van der Waals surface area contributed by atoms with E-state index >= 15 is 0 Å². The molecule has 0 fully saturated rings. The van der Waals surface area contributed by atoms with Crippen molar-refractivity contribution in [2.75, 3.05) is 18.2 Å². The molecule has 0 atom stereocenters. The summed E-state index contributed by atoms with van der Waals surface area (Å²) in [5, 5.41) is 11.8. The molecule has 0 spiro atoms. The number of carbonyl (C=O) groups excluding carboxylic acids is 2. The van der Waals surface area contributed by atoms with Crippen molar-refractivity contribution < 1.29 is 32.2 Å². The van der Waals surface area contributed by atoms with E-state index in [2.05, 4.69) is 15.5 Å². The Bertz CT molecular complexity index is 1240. The molecule has 1 amide bonds. The van der Waals surface area contributed by atoms with E-state index in [1.54, 1.807) is 4.57 Å². The van der Waals surface area contributed by atoms with Gasteiger partial charge in [0.15, 0.2) is 11.0 Å². The molecule has 2 aromatic heterocycles. The molecule has 0 aliphatic heterocycles. The molecule has 36 heavy (non-hydrogen) atoms. The molecule has 3 rings (SSSR count). The molecule has 0 radical (unpaired) electrons. The summed E-state index contributed by atoms with van der Waals surface area (Å²) in [5.74, 6) is -0.363. The standard InChI is InChI=1S/C23H25F3N4O4S2/c1-5-16-13(3)36-20(19(16)21(32)33-4)27-18(31)12-35-22-29-28-17(30(22)6-2)11-34-15-9-7-8-14(10-15)23(24,25)26/h7-10H,5-6,11-12H2,1-4H3,(H,27,31). The first-order valence-electron chi connectivity index (χ1n) is 10.9. The van der Waals surface area contributed by atoms with Crippen LogP contribution in [-0.2, 0) is 35.3 Å². The van der Waals surface area contributed by atoms with Gasteiger partial charge in [-0.15, -0.1) is 21.5 Å². The number of hydrogen-bond acceptors (Lipinski definition) is 8. The number of nitrogens with one attached hydrogen (secondary N) is 1. The first kappa shape index (κ1) is 27.5. The first-order valence-corrected chi connectivity index (χ1v) is 12.7. The van der Waals surface area contributed by atoms with Crippen LogP contribution in [0, 0.1) is 6.92 Å². The second-order valence-electron chi connectivity index (χ2n) is 7.48. The second-order valence-corrected chi connectivity index (χ2v) is 9.65. The molecule has 0 saturated carbocycles. The Hall–Kier alpha value is -3.06. The number of halogens is 3. The predicted octanol–water partition coefficient (Wildman–Crippen LogP) is 5.35. The highest BCUT2D eigenvalue weighted by atomic mass is 32.2. The van der Waals surface area contributed by atoms with Crippen LogP contribution in [0.4, 0.5) is 18.2 Å². The van der Waals surface area contributed by atoms with Gasteiger partial charge >= 0.3 is 12.1 Å². The van der Waals surface area contributed by atoms with Gasteiger partial charge in [-0.1, -0.05) is 24.8 Å². The third kappa shape index (κ3) is 6.38. The molecule has 1 N–H and O–H groups in total. The first-order chi connectivity index (χ1) is 17.1. The predicted molar refractivity (Wildman–Crippen MR) is 131 cm³/mol. The quantitative estimate of drug-likeness (QED) is 0.273. The number of carbonyl (C=O) groups is 2. The Morgan fingerprint density at radius 2 is 1.97 bits per heavy atom. The van der Waals surface area contributed by atoms with Crippen molar-refractivity contribution in [3.63, 3.8) is 0 Å². The highest BCUT2D eigenvalue weighted by Gasteiger charge is 2.30. The molecule has 8 nitrogen and oxygen atoms in total. The summed E-state index contributed by atoms with van der Waals surface area (Å²) in [4.78, 5) is 25.8. The van der Waals surface area contributed by atoms with Crippen LogP contribution in [0.15, 0.2) is 29.4 Å². The number of thiophene rings is 1. The van der Waals surface area contributed by atoms with Crippen LogP contribution in [0.1, 0.15) is 46.0 Å². The average molecular weight is 543 g/mol. The number of aromatic nitrogens is 3. The Morgan fingerprint density at radius 3 is 2.61 bits per heavy atom. The van der Waals surface area contributed by atoms with Gasteiger partial charge in [0, 0.05) is 11.4 Å². The van der Waals surface area contributed by atoms with Gasteiger partial charge in [-0.25, -0.2) is 4.79 Å². The maximum absolute atomic E-state index is 12.9. The lowest BCUT2D eigenvalue weighted by Crippen LogP contribution is -2.17. The maximum Gasteiger partial charge on any atom is 0.416 e. The number of thioether (sulfide) groups is 1. The number of nitrogens with zero attached hydrogens (tertiary/aromatic N) is 3. The number of alkyl halides is 3. The fourth-order valence-electron chi connectivity index (χ4n) is 3.46. The second kappa shape index (κ2) is 11.8. The van der Waals surface area contributed by atoms with Crippen molar-refractivity contribution in [3.8, 4) is 5.75 Å². The molecule has 0 unspecified atom stereocenters. The van der Waals surface area contributed by atoms with E-state index in [-0.39, 0.29) is 24.0 Å². The summed E-state index contributed by atoms with van der Waals surface area (Å²) < 4.78 is 50.9. The van der Waals surface area contributed by atoms with Gasteiger partial charge in [0.25, 0.3) is 0 Å². The van der Waals surface area contributed by atoms with Crippen LogP contribution >= 0.6 is 23.1 Å². The van der Waals surface area contributed by atoms with Crippen LogP contribution in [0.5, 0.6) is 5.75 Å². The Labute approximate surface area is 214 Å². The van der Waals surface area contributed by atoms with E-state index in [4.69, 9.17) is 9.47 Å². The van der Waals surface area contributed by atoms with Gasteiger partial charge in [0.05, 0.1) is 24.0 Å². The van der Waals surface area contributed by atoms with Gasteiger partial charge < -0.3 is 19.4 Å². The van der Waals surface area contributed by atoms with Crippen LogP contribution in [0.25, 0.3) is 0 Å². The zero-order valence-electron chi connectivity index (χ0n) is 20.1. The highest BCUT2D eigenvalue weighted by Crippen LogP contribution is 2.34. The lowest BCUT2D eigenvalue weighted by molar-refractivity contribution is -0.137. The molecule has 194 valence electrons. The largest absolute Gasteiger partial charge is 0.486 e. The maximum atomic E-state index is 12.9. The molecule has 0 aliphatic carbocycles. The van der Waals surface area contributed by atoms with E-state index < -0.39 is 17.7 Å². The van der Waals surface area contributed by atoms with Crippen LogP contribution in [0.3, 0.4) is 0 Å². The van der Waals surface area contributed by atoms with Gasteiger partial charge in [0.2, 0.25) is 5.91 Å². The van der Waals surface area contributed by atoms with E-state index in [0.717, 1.165) is 34.3 Å². The number of amides is 1. The number of hydrogen-bond donors (Lipinski definition) is 1. The lowest BCUT2D eigenvalue weighted by atomic mass is 10.1. The summed E-state index contributed by atoms with van der Waals surface area (Å²) in [6.45, 7) is 6.03. The molecule has 13 heteroatoms. The normalized spacial score (nSPS) is 11.4. The van der Waals surface area contributed by atoms with E-state index in [1.807, 2.05) is 20.8 Å². The molecular weight excluding hydrogens is 517 g/mol. The molecule has 0 aliphatic rings. The molecular formula is C23H25F3N4O4S2. The third-order valence-corrected chi connectivity index (χ3v) is 7.21. The van der Waals surface area contributed by atoms with E-state index in [1.165, 1.54) is 30.6 Å². The fourth-order valence-corrected chi connectivity index (χ4v) is 5.43. The minimum atomic E-state index is -4.47. The molecule has 2 heterocycles. The SMILES string of the molecule is CCc1c(C)sc(NC(=O)CSc2nnc(COc3cccc(C(F)(F)F)c3)n2CC)c1C(=O)OC. The zero-order valence-corrected chi connectivity index (χ0v) is 21.7. The smallest absolute Gasteiger partial charge is 0.416 e. The van der Waals surface area contributed by atoms with E-state index in [0.29, 0.717) is 34.5 Å². The Kier molecular flexibility index (Phi) is 9.01. The average Bonchev–Trinajstić information content (AvgIpc) is 3.39. The van der Waals surface area contributed by atoms with E-state index in [9.17, 15) is 22.8 Å². The molecule has 1 aromatic carbocycles. The third-order valence-electron chi connectivity index (χ3n) is 5.18. The Morgan fingerprint density at radius 1 is 1.22 bits per heavy atom. The number of benzene rings is 1. The number of aryl methyl sites for hydroxylation is 1. The van der Waals surface area contributed by atoms with Gasteiger partial charge in [-0.2, -0.15) is 13.2 Å². The Balaban J connectivity index is 1.65. The monoisotopic (exact) mass is 542 g/mol. The molecule has 0 saturated heterocycles. The topological polar surface area (TPSA) is 95.3 Å². The van der Waals surface area contributed by atoms with Crippen molar-refractivity contribution >= 4 is 40.0 Å². The minimum Gasteiger partial charge on any atom is -0.486 e. The van der Waals surface area contributed by atoms with Crippen LogP contribution in [0.2, 0.25) is 0 Å². The summed E-state index contributed by atoms with van der Waals surface area (Å²) in [7, 11) is 1.29. The van der Waals surface area contributed by atoms with Crippen molar-refractivity contribution in [2.24, 2.45) is 0 Å². The number of esters is 1. The van der Waals surface area contributed by atoms with Gasteiger partial charge in [-0.3, -0.25) is 4.79 Å². The number of methoxy groups -OCH3 is 1. The van der Waals surface area contributed by atoms with Gasteiger partial charge in [-0.05, 0) is 44.0 Å². The number of anilines is 1. The highest BCUT2D eigenvalue weighted by molar-refractivity contribution is 7.99. The van der Waals surface area contributed by atoms with Crippen LogP contribution in [-0.4, -0.2) is 39.5 Å². The van der Waals surface area contributed by atoms with Crippen molar-refractivity contribution in [1.29, 1.82) is 0 Å². The summed E-state index contributed by atoms with van der Waals surface area (Å²) in [5.41, 5.74) is 0.402. The van der Waals surface area contributed by atoms with Crippen molar-refractivity contribution in [3.05, 3.63) is 51.7 Å². The summed E-state index contributed by atoms with van der Waals surface area (Å²) in [6, 6.07) is 4.59. The fraction of sp³-hybridized carbons (Fsp3) is 0.391.